The van der Waals surface area contributed by atoms with Gasteiger partial charge in [0.05, 0.1) is 5.56 Å². The monoisotopic (exact) mass is 336 g/mol. The molecule has 0 saturated carbocycles. The number of benzene rings is 2. The van der Waals surface area contributed by atoms with Crippen molar-refractivity contribution in [1.82, 2.24) is 10.2 Å². The number of rotatable bonds is 2. The molecule has 0 saturated heterocycles. The Morgan fingerprint density at radius 2 is 1.18 bits per heavy atom. The van der Waals surface area contributed by atoms with E-state index in [9.17, 15) is 8.78 Å². The van der Waals surface area contributed by atoms with Gasteiger partial charge in [0, 0.05) is 11.1 Å². The van der Waals surface area contributed by atoms with Gasteiger partial charge in [0.15, 0.2) is 10.3 Å². The standard InChI is InChI=1S/C16H8Cl2F2N2/c17-15-12(9-5-2-1-3-6-9)14(16(18)22-21-15)13-10(19)7-4-8-11(13)20/h1-8H. The highest BCUT2D eigenvalue weighted by Gasteiger charge is 2.22. The van der Waals surface area contributed by atoms with Gasteiger partial charge >= 0.3 is 0 Å². The Morgan fingerprint density at radius 3 is 1.77 bits per heavy atom. The molecule has 0 unspecified atom stereocenters. The van der Waals surface area contributed by atoms with Crippen molar-refractivity contribution < 1.29 is 8.78 Å². The Morgan fingerprint density at radius 1 is 0.636 bits per heavy atom. The van der Waals surface area contributed by atoms with Crippen molar-refractivity contribution >= 4 is 23.2 Å². The van der Waals surface area contributed by atoms with E-state index in [1.54, 1.807) is 24.3 Å². The molecule has 2 aromatic carbocycles. The minimum absolute atomic E-state index is 0.0215. The van der Waals surface area contributed by atoms with E-state index in [1.807, 2.05) is 6.07 Å². The lowest BCUT2D eigenvalue weighted by Gasteiger charge is -2.13. The maximum atomic E-state index is 14.2. The SMILES string of the molecule is Fc1cccc(F)c1-c1c(Cl)nnc(Cl)c1-c1ccccc1. The van der Waals surface area contributed by atoms with Crippen LogP contribution in [-0.4, -0.2) is 10.2 Å². The van der Waals surface area contributed by atoms with E-state index >= 15 is 0 Å². The fraction of sp³-hybridized carbons (Fsp3) is 0. The van der Waals surface area contributed by atoms with Crippen LogP contribution in [0.4, 0.5) is 8.78 Å². The summed E-state index contributed by atoms with van der Waals surface area (Å²) in [6.07, 6.45) is 0. The zero-order valence-electron chi connectivity index (χ0n) is 11.0. The maximum Gasteiger partial charge on any atom is 0.160 e. The van der Waals surface area contributed by atoms with Crippen LogP contribution >= 0.6 is 23.2 Å². The zero-order chi connectivity index (χ0) is 15.7. The molecule has 0 aliphatic carbocycles. The molecule has 0 amide bonds. The van der Waals surface area contributed by atoms with E-state index in [0.29, 0.717) is 11.1 Å². The molecule has 0 aliphatic heterocycles. The van der Waals surface area contributed by atoms with Crippen LogP contribution < -0.4 is 0 Å². The number of hydrogen-bond donors (Lipinski definition) is 0. The van der Waals surface area contributed by atoms with Gasteiger partial charge in [-0.15, -0.1) is 10.2 Å². The molecule has 2 nitrogen and oxygen atoms in total. The Labute approximate surface area is 135 Å². The number of aromatic nitrogens is 2. The second-order valence-corrected chi connectivity index (χ2v) is 5.21. The molecular weight excluding hydrogens is 329 g/mol. The van der Waals surface area contributed by atoms with E-state index in [4.69, 9.17) is 23.2 Å². The van der Waals surface area contributed by atoms with Gasteiger partial charge in [0.25, 0.3) is 0 Å². The smallest absolute Gasteiger partial charge is 0.160 e. The first-order chi connectivity index (χ1) is 10.6. The zero-order valence-corrected chi connectivity index (χ0v) is 12.5. The number of halogens is 4. The van der Waals surface area contributed by atoms with E-state index < -0.39 is 11.6 Å². The highest BCUT2D eigenvalue weighted by atomic mass is 35.5. The molecule has 1 aromatic heterocycles. The second-order valence-electron chi connectivity index (χ2n) is 4.49. The summed E-state index contributed by atoms with van der Waals surface area (Å²) in [5.41, 5.74) is 0.792. The summed E-state index contributed by atoms with van der Waals surface area (Å²) < 4.78 is 28.3. The van der Waals surface area contributed by atoms with Gasteiger partial charge in [-0.25, -0.2) is 8.78 Å². The highest BCUT2D eigenvalue weighted by molar-refractivity contribution is 6.36. The molecule has 6 heteroatoms. The lowest BCUT2D eigenvalue weighted by molar-refractivity contribution is 0.589. The van der Waals surface area contributed by atoms with Crippen LogP contribution in [-0.2, 0) is 0 Å². The van der Waals surface area contributed by atoms with Gasteiger partial charge < -0.3 is 0 Å². The molecule has 0 aliphatic rings. The molecule has 0 spiro atoms. The molecule has 0 radical (unpaired) electrons. The first-order valence-corrected chi connectivity index (χ1v) is 7.06. The maximum absolute atomic E-state index is 14.2. The Balaban J connectivity index is 2.40. The molecule has 0 bridgehead atoms. The molecular formula is C16H8Cl2F2N2. The van der Waals surface area contributed by atoms with E-state index in [-0.39, 0.29) is 21.4 Å². The lowest BCUT2D eigenvalue weighted by Crippen LogP contribution is -1.98. The molecule has 0 atom stereocenters. The topological polar surface area (TPSA) is 25.8 Å². The quantitative estimate of drug-likeness (QED) is 0.626. The summed E-state index contributed by atoms with van der Waals surface area (Å²) >= 11 is 12.2. The Bertz CT molecular complexity index is 819. The molecule has 22 heavy (non-hydrogen) atoms. The van der Waals surface area contributed by atoms with Crippen LogP contribution in [0.3, 0.4) is 0 Å². The fourth-order valence-electron chi connectivity index (χ4n) is 2.23. The lowest BCUT2D eigenvalue weighted by atomic mass is 9.97. The van der Waals surface area contributed by atoms with Crippen molar-refractivity contribution in [1.29, 1.82) is 0 Å². The highest BCUT2D eigenvalue weighted by Crippen LogP contribution is 2.41. The van der Waals surface area contributed by atoms with Gasteiger partial charge in [-0.2, -0.15) is 0 Å². The summed E-state index contributed by atoms with van der Waals surface area (Å²) in [4.78, 5) is 0. The number of hydrogen-bond acceptors (Lipinski definition) is 2. The van der Waals surface area contributed by atoms with Crippen molar-refractivity contribution in [2.45, 2.75) is 0 Å². The Hall–Kier alpha value is -2.04. The summed E-state index contributed by atoms with van der Waals surface area (Å²) in [6, 6.07) is 12.5. The molecule has 3 aromatic rings. The van der Waals surface area contributed by atoms with Crippen molar-refractivity contribution in [3.63, 3.8) is 0 Å². The van der Waals surface area contributed by atoms with E-state index in [1.165, 1.54) is 6.07 Å². The van der Waals surface area contributed by atoms with Crippen LogP contribution in [0.2, 0.25) is 10.3 Å². The first kappa shape index (κ1) is 14.9. The minimum atomic E-state index is -0.747. The largest absolute Gasteiger partial charge is 0.206 e. The van der Waals surface area contributed by atoms with E-state index in [2.05, 4.69) is 10.2 Å². The van der Waals surface area contributed by atoms with Gasteiger partial charge in [-0.05, 0) is 17.7 Å². The molecule has 0 fully saturated rings. The van der Waals surface area contributed by atoms with Crippen molar-refractivity contribution in [3.05, 3.63) is 70.5 Å². The van der Waals surface area contributed by atoms with Crippen molar-refractivity contribution in [2.24, 2.45) is 0 Å². The predicted octanol–water partition coefficient (Wildman–Crippen LogP) is 5.40. The number of nitrogens with zero attached hydrogens (tertiary/aromatic N) is 2. The fourth-order valence-corrected chi connectivity index (χ4v) is 2.70. The van der Waals surface area contributed by atoms with Crippen molar-refractivity contribution in [3.8, 4) is 22.3 Å². The van der Waals surface area contributed by atoms with Crippen molar-refractivity contribution in [2.75, 3.05) is 0 Å². The molecule has 110 valence electrons. The summed E-state index contributed by atoms with van der Waals surface area (Å²) in [7, 11) is 0. The van der Waals surface area contributed by atoms with Crippen LogP contribution in [0.5, 0.6) is 0 Å². The third-order valence-corrected chi connectivity index (χ3v) is 3.69. The van der Waals surface area contributed by atoms with Crippen LogP contribution in [0.1, 0.15) is 0 Å². The van der Waals surface area contributed by atoms with Gasteiger partial charge in [0.2, 0.25) is 0 Å². The van der Waals surface area contributed by atoms with Gasteiger partial charge in [0.1, 0.15) is 11.6 Å². The van der Waals surface area contributed by atoms with Crippen LogP contribution in [0.15, 0.2) is 48.5 Å². The average molecular weight is 337 g/mol. The second kappa shape index (κ2) is 5.99. The third-order valence-electron chi connectivity index (χ3n) is 3.16. The third kappa shape index (κ3) is 2.56. The normalized spacial score (nSPS) is 10.7. The van der Waals surface area contributed by atoms with Crippen LogP contribution in [0.25, 0.3) is 22.3 Å². The predicted molar refractivity (Wildman–Crippen MR) is 82.8 cm³/mol. The first-order valence-electron chi connectivity index (χ1n) is 6.31. The summed E-state index contributed by atoms with van der Waals surface area (Å²) in [5, 5.41) is 7.32. The summed E-state index contributed by atoms with van der Waals surface area (Å²) in [6.45, 7) is 0. The Kier molecular flexibility index (Phi) is 4.05. The van der Waals surface area contributed by atoms with Gasteiger partial charge in [-0.3, -0.25) is 0 Å². The minimum Gasteiger partial charge on any atom is -0.206 e. The summed E-state index contributed by atoms with van der Waals surface area (Å²) in [5.74, 6) is -1.49. The molecule has 1 heterocycles. The average Bonchev–Trinajstić information content (AvgIpc) is 2.51. The molecule has 3 rings (SSSR count). The molecule has 0 N–H and O–H groups in total. The van der Waals surface area contributed by atoms with Gasteiger partial charge in [-0.1, -0.05) is 59.6 Å². The van der Waals surface area contributed by atoms with Crippen LogP contribution in [0, 0.1) is 11.6 Å². The van der Waals surface area contributed by atoms with E-state index in [0.717, 1.165) is 12.1 Å².